The van der Waals surface area contributed by atoms with Gasteiger partial charge >= 0.3 is 6.18 Å². The second-order valence-electron chi connectivity index (χ2n) is 5.55. The first-order valence-electron chi connectivity index (χ1n) is 7.29. The Labute approximate surface area is 144 Å². The molecule has 0 amide bonds. The number of hydrogen-bond acceptors (Lipinski definition) is 3. The molecule has 0 bridgehead atoms. The summed E-state index contributed by atoms with van der Waals surface area (Å²) in [6, 6.07) is 8.11. The average Bonchev–Trinajstić information content (AvgIpc) is 2.91. The summed E-state index contributed by atoms with van der Waals surface area (Å²) in [7, 11) is 1.71. The topological polar surface area (TPSA) is 43.6 Å². The van der Waals surface area contributed by atoms with Gasteiger partial charge in [-0.05, 0) is 30.3 Å². The zero-order valence-electron chi connectivity index (χ0n) is 12.8. The van der Waals surface area contributed by atoms with E-state index in [-0.39, 0.29) is 5.52 Å². The monoisotopic (exact) mass is 362 g/mol. The van der Waals surface area contributed by atoms with Crippen LogP contribution in [0, 0.1) is 0 Å². The molecule has 3 aromatic heterocycles. The highest BCUT2D eigenvalue weighted by Gasteiger charge is 2.33. The quantitative estimate of drug-likeness (QED) is 0.486. The minimum atomic E-state index is -4.52. The van der Waals surface area contributed by atoms with Crippen LogP contribution >= 0.6 is 11.6 Å². The van der Waals surface area contributed by atoms with E-state index in [2.05, 4.69) is 15.0 Å². The number of fused-ring (bicyclic) bond motifs is 2. The Kier molecular flexibility index (Phi) is 3.43. The lowest BCUT2D eigenvalue weighted by atomic mass is 10.1. The molecule has 0 saturated carbocycles. The van der Waals surface area contributed by atoms with E-state index >= 15 is 0 Å². The molecule has 0 radical (unpaired) electrons. The summed E-state index contributed by atoms with van der Waals surface area (Å²) in [5.74, 6) is 0.465. The minimum Gasteiger partial charge on any atom is -0.326 e. The van der Waals surface area contributed by atoms with Gasteiger partial charge in [-0.3, -0.25) is 4.98 Å². The molecule has 0 saturated heterocycles. The first kappa shape index (κ1) is 15.8. The van der Waals surface area contributed by atoms with E-state index in [9.17, 15) is 13.2 Å². The SMILES string of the molecule is Cn1c(-c2ccc3ncccc3c2Cl)nc2cc(C(F)(F)F)ncc21. The van der Waals surface area contributed by atoms with Crippen molar-refractivity contribution < 1.29 is 13.2 Å². The van der Waals surface area contributed by atoms with E-state index in [4.69, 9.17) is 11.6 Å². The second-order valence-corrected chi connectivity index (χ2v) is 5.93. The van der Waals surface area contributed by atoms with Crippen LogP contribution in [0.5, 0.6) is 0 Å². The second kappa shape index (κ2) is 5.42. The van der Waals surface area contributed by atoms with Crippen molar-refractivity contribution in [2.24, 2.45) is 7.05 Å². The molecule has 3 heterocycles. The van der Waals surface area contributed by atoms with Crippen molar-refractivity contribution in [1.29, 1.82) is 0 Å². The molecule has 0 fully saturated rings. The number of aryl methyl sites for hydroxylation is 1. The third-order valence-electron chi connectivity index (χ3n) is 4.02. The van der Waals surface area contributed by atoms with Crippen LogP contribution in [0.15, 0.2) is 42.7 Å². The van der Waals surface area contributed by atoms with Gasteiger partial charge in [-0.1, -0.05) is 11.6 Å². The van der Waals surface area contributed by atoms with Gasteiger partial charge in [0.2, 0.25) is 0 Å². The highest BCUT2D eigenvalue weighted by Crippen LogP contribution is 2.35. The fourth-order valence-corrected chi connectivity index (χ4v) is 3.08. The Morgan fingerprint density at radius 3 is 2.64 bits per heavy atom. The Morgan fingerprint density at radius 2 is 1.88 bits per heavy atom. The maximum absolute atomic E-state index is 12.9. The smallest absolute Gasteiger partial charge is 0.326 e. The van der Waals surface area contributed by atoms with Crippen LogP contribution in [-0.4, -0.2) is 19.5 Å². The van der Waals surface area contributed by atoms with E-state index in [1.165, 1.54) is 6.20 Å². The van der Waals surface area contributed by atoms with Crippen molar-refractivity contribution in [3.05, 3.63) is 53.4 Å². The molecule has 25 heavy (non-hydrogen) atoms. The lowest BCUT2D eigenvalue weighted by Crippen LogP contribution is -2.07. The van der Waals surface area contributed by atoms with Crippen LogP contribution in [0.2, 0.25) is 5.02 Å². The standard InChI is InChI=1S/C17H10ClF3N4/c1-25-13-8-23-14(17(19,20)21)7-12(13)24-16(25)10-4-5-11-9(15(10)18)3-2-6-22-11/h2-8H,1H3. The molecule has 1 aromatic carbocycles. The third-order valence-corrected chi connectivity index (χ3v) is 4.43. The average molecular weight is 363 g/mol. The molecule has 0 aliphatic heterocycles. The zero-order chi connectivity index (χ0) is 17.8. The molecule has 0 spiro atoms. The van der Waals surface area contributed by atoms with Crippen LogP contribution in [0.25, 0.3) is 33.3 Å². The van der Waals surface area contributed by atoms with E-state index in [0.717, 1.165) is 17.0 Å². The number of alkyl halides is 3. The van der Waals surface area contributed by atoms with Gasteiger partial charge in [0, 0.05) is 24.2 Å². The number of pyridine rings is 2. The summed E-state index contributed by atoms with van der Waals surface area (Å²) in [5.41, 5.74) is 1.08. The summed E-state index contributed by atoms with van der Waals surface area (Å²) >= 11 is 6.49. The van der Waals surface area contributed by atoms with Crippen LogP contribution in [0.1, 0.15) is 5.69 Å². The lowest BCUT2D eigenvalue weighted by molar-refractivity contribution is -0.141. The third kappa shape index (κ3) is 2.51. The number of nitrogens with zero attached hydrogens (tertiary/aromatic N) is 4. The van der Waals surface area contributed by atoms with Gasteiger partial charge in [-0.2, -0.15) is 13.2 Å². The van der Waals surface area contributed by atoms with Crippen molar-refractivity contribution in [1.82, 2.24) is 19.5 Å². The fraction of sp³-hybridized carbons (Fsp3) is 0.118. The van der Waals surface area contributed by atoms with Gasteiger partial charge in [-0.25, -0.2) is 9.97 Å². The Morgan fingerprint density at radius 1 is 1.08 bits per heavy atom. The molecule has 0 aliphatic rings. The molecular formula is C17H10ClF3N4. The number of benzene rings is 1. The molecule has 4 nitrogen and oxygen atoms in total. The Hall–Kier alpha value is -2.67. The van der Waals surface area contributed by atoms with Gasteiger partial charge in [-0.15, -0.1) is 0 Å². The van der Waals surface area contributed by atoms with E-state index in [1.807, 2.05) is 6.07 Å². The highest BCUT2D eigenvalue weighted by atomic mass is 35.5. The molecular weight excluding hydrogens is 353 g/mol. The molecule has 8 heteroatoms. The van der Waals surface area contributed by atoms with E-state index in [0.29, 0.717) is 21.9 Å². The van der Waals surface area contributed by atoms with Crippen molar-refractivity contribution in [3.63, 3.8) is 0 Å². The molecule has 0 aliphatic carbocycles. The number of imidazole rings is 1. The largest absolute Gasteiger partial charge is 0.433 e. The Balaban J connectivity index is 1.95. The summed E-state index contributed by atoms with van der Waals surface area (Å²) in [6.45, 7) is 0. The maximum Gasteiger partial charge on any atom is 0.433 e. The first-order valence-corrected chi connectivity index (χ1v) is 7.67. The predicted octanol–water partition coefficient (Wildman–Crippen LogP) is 4.86. The molecule has 0 atom stereocenters. The molecule has 126 valence electrons. The maximum atomic E-state index is 12.9. The molecule has 0 unspecified atom stereocenters. The zero-order valence-corrected chi connectivity index (χ0v) is 13.6. The van der Waals surface area contributed by atoms with Crippen molar-refractivity contribution in [3.8, 4) is 11.4 Å². The van der Waals surface area contributed by atoms with Crippen LogP contribution < -0.4 is 0 Å². The van der Waals surface area contributed by atoms with Gasteiger partial charge in [0.15, 0.2) is 0 Å². The summed E-state index contributed by atoms with van der Waals surface area (Å²) < 4.78 is 40.3. The molecule has 4 rings (SSSR count). The Bertz CT molecular complexity index is 1120. The van der Waals surface area contributed by atoms with Crippen LogP contribution in [0.3, 0.4) is 0 Å². The predicted molar refractivity (Wildman–Crippen MR) is 89.3 cm³/mol. The van der Waals surface area contributed by atoms with Gasteiger partial charge in [0.05, 0.1) is 27.8 Å². The van der Waals surface area contributed by atoms with Crippen molar-refractivity contribution >= 4 is 33.5 Å². The normalized spacial score (nSPS) is 12.2. The van der Waals surface area contributed by atoms with Gasteiger partial charge < -0.3 is 4.57 Å². The van der Waals surface area contributed by atoms with E-state index in [1.54, 1.807) is 36.0 Å². The number of halogens is 4. The summed E-state index contributed by atoms with van der Waals surface area (Å²) in [4.78, 5) is 12.1. The highest BCUT2D eigenvalue weighted by molar-refractivity contribution is 6.38. The summed E-state index contributed by atoms with van der Waals surface area (Å²) in [6.07, 6.45) is -1.68. The summed E-state index contributed by atoms with van der Waals surface area (Å²) in [5, 5.41) is 1.20. The number of hydrogen-bond donors (Lipinski definition) is 0. The van der Waals surface area contributed by atoms with Gasteiger partial charge in [0.25, 0.3) is 0 Å². The minimum absolute atomic E-state index is 0.210. The van der Waals surface area contributed by atoms with E-state index < -0.39 is 11.9 Å². The van der Waals surface area contributed by atoms with Crippen molar-refractivity contribution in [2.45, 2.75) is 6.18 Å². The number of rotatable bonds is 1. The van der Waals surface area contributed by atoms with Gasteiger partial charge in [0.1, 0.15) is 11.5 Å². The van der Waals surface area contributed by atoms with Crippen LogP contribution in [0.4, 0.5) is 13.2 Å². The molecule has 0 N–H and O–H groups in total. The number of aromatic nitrogens is 4. The first-order chi connectivity index (χ1) is 11.9. The lowest BCUT2D eigenvalue weighted by Gasteiger charge is -2.07. The van der Waals surface area contributed by atoms with Crippen LogP contribution in [-0.2, 0) is 13.2 Å². The fourth-order valence-electron chi connectivity index (χ4n) is 2.77. The van der Waals surface area contributed by atoms with Crippen molar-refractivity contribution in [2.75, 3.05) is 0 Å². The molecule has 4 aromatic rings.